The summed E-state index contributed by atoms with van der Waals surface area (Å²) in [5.41, 5.74) is 1.26. The largest absolute Gasteiger partial charge is 0.508 e. The van der Waals surface area contributed by atoms with E-state index in [-0.39, 0.29) is 5.41 Å². The summed E-state index contributed by atoms with van der Waals surface area (Å²) in [4.78, 5) is 0. The molecule has 1 nitrogen and oxygen atoms in total. The van der Waals surface area contributed by atoms with Crippen molar-refractivity contribution in [3.05, 3.63) is 29.8 Å². The molecule has 1 aliphatic rings. The van der Waals surface area contributed by atoms with E-state index < -0.39 is 0 Å². The summed E-state index contributed by atoms with van der Waals surface area (Å²) in [5, 5.41) is 9.58. The summed E-state index contributed by atoms with van der Waals surface area (Å²) in [7, 11) is 0. The van der Waals surface area contributed by atoms with Gasteiger partial charge in [-0.1, -0.05) is 18.2 Å². The van der Waals surface area contributed by atoms with Crippen LogP contribution >= 0.6 is 12.6 Å². The molecule has 0 bridgehead atoms. The minimum Gasteiger partial charge on any atom is -0.508 e. The molecule has 2 heteroatoms. The molecule has 1 fully saturated rings. The molecule has 64 valence electrons. The van der Waals surface area contributed by atoms with Crippen LogP contribution in [0.3, 0.4) is 0 Å². The van der Waals surface area contributed by atoms with Crippen LogP contribution in [0.4, 0.5) is 0 Å². The zero-order valence-electron chi connectivity index (χ0n) is 6.83. The molecule has 0 amide bonds. The average molecular weight is 180 g/mol. The summed E-state index contributed by atoms with van der Waals surface area (Å²) in [5.74, 6) is 1.26. The Morgan fingerprint density at radius 1 is 1.33 bits per heavy atom. The Morgan fingerprint density at radius 3 is 2.50 bits per heavy atom. The number of rotatable bonds is 2. The highest BCUT2D eigenvalue weighted by molar-refractivity contribution is 7.80. The number of benzene rings is 1. The number of aromatic hydroxyl groups is 1. The molecule has 0 radical (unpaired) electrons. The lowest BCUT2D eigenvalue weighted by atomic mass is 9.97. The van der Waals surface area contributed by atoms with Gasteiger partial charge in [-0.05, 0) is 18.9 Å². The van der Waals surface area contributed by atoms with E-state index in [0.717, 1.165) is 24.2 Å². The van der Waals surface area contributed by atoms with Crippen molar-refractivity contribution >= 4 is 12.6 Å². The molecule has 0 saturated heterocycles. The highest BCUT2D eigenvalue weighted by Crippen LogP contribution is 2.51. The first-order valence-corrected chi connectivity index (χ1v) is 4.81. The highest BCUT2D eigenvalue weighted by atomic mass is 32.1. The molecule has 1 aliphatic carbocycles. The van der Waals surface area contributed by atoms with Gasteiger partial charge in [-0.25, -0.2) is 0 Å². The maximum atomic E-state index is 9.58. The fraction of sp³-hybridized carbons (Fsp3) is 0.400. The predicted octanol–water partition coefficient (Wildman–Crippen LogP) is 2.35. The van der Waals surface area contributed by atoms with Gasteiger partial charge in [0.25, 0.3) is 0 Å². The minimum atomic E-state index is 0.189. The second-order valence-corrected chi connectivity index (χ2v) is 3.77. The van der Waals surface area contributed by atoms with E-state index in [4.69, 9.17) is 0 Å². The van der Waals surface area contributed by atoms with Crippen LogP contribution in [-0.4, -0.2) is 10.9 Å². The molecule has 0 aliphatic heterocycles. The quantitative estimate of drug-likeness (QED) is 0.669. The maximum absolute atomic E-state index is 9.58. The zero-order valence-corrected chi connectivity index (χ0v) is 7.72. The second kappa shape index (κ2) is 2.70. The summed E-state index contributed by atoms with van der Waals surface area (Å²) in [6, 6.07) is 7.57. The summed E-state index contributed by atoms with van der Waals surface area (Å²) in [6.07, 6.45) is 2.32. The Labute approximate surface area is 77.8 Å². The van der Waals surface area contributed by atoms with Crippen LogP contribution in [0, 0.1) is 0 Å². The SMILES string of the molecule is Oc1ccccc1C1(CS)CC1. The summed E-state index contributed by atoms with van der Waals surface area (Å²) < 4.78 is 0. The molecule has 0 atom stereocenters. The molecular formula is C10H12OS. The summed E-state index contributed by atoms with van der Waals surface area (Å²) in [6.45, 7) is 0. The molecule has 0 aromatic heterocycles. The van der Waals surface area contributed by atoms with Gasteiger partial charge >= 0.3 is 0 Å². The zero-order chi connectivity index (χ0) is 8.60. The first kappa shape index (κ1) is 7.99. The Kier molecular flexibility index (Phi) is 1.80. The monoisotopic (exact) mass is 180 g/mol. The van der Waals surface area contributed by atoms with Crippen molar-refractivity contribution in [1.82, 2.24) is 0 Å². The summed E-state index contributed by atoms with van der Waals surface area (Å²) >= 11 is 4.31. The molecule has 12 heavy (non-hydrogen) atoms. The predicted molar refractivity (Wildman–Crippen MR) is 52.9 cm³/mol. The Balaban J connectivity index is 2.40. The van der Waals surface area contributed by atoms with E-state index in [0.29, 0.717) is 5.75 Å². The fourth-order valence-corrected chi connectivity index (χ4v) is 2.07. The van der Waals surface area contributed by atoms with Gasteiger partial charge in [-0.15, -0.1) is 0 Å². The van der Waals surface area contributed by atoms with E-state index >= 15 is 0 Å². The van der Waals surface area contributed by atoms with Crippen LogP contribution in [0.15, 0.2) is 24.3 Å². The third-order valence-corrected chi connectivity index (χ3v) is 3.24. The second-order valence-electron chi connectivity index (χ2n) is 3.46. The topological polar surface area (TPSA) is 20.2 Å². The molecule has 1 saturated carbocycles. The van der Waals surface area contributed by atoms with Crippen molar-refractivity contribution in [3.63, 3.8) is 0 Å². The maximum Gasteiger partial charge on any atom is 0.119 e. The lowest BCUT2D eigenvalue weighted by Crippen LogP contribution is -2.07. The number of phenolic OH excluding ortho intramolecular Hbond substituents is 1. The standard InChI is InChI=1S/C10H12OS/c11-9-4-2-1-3-8(9)10(7-12)5-6-10/h1-4,11-12H,5-7H2. The van der Waals surface area contributed by atoms with Gasteiger partial charge in [0, 0.05) is 16.7 Å². The van der Waals surface area contributed by atoms with Crippen LogP contribution in [0.2, 0.25) is 0 Å². The van der Waals surface area contributed by atoms with Gasteiger partial charge in [0.1, 0.15) is 5.75 Å². The van der Waals surface area contributed by atoms with Gasteiger partial charge in [0.15, 0.2) is 0 Å². The highest BCUT2D eigenvalue weighted by Gasteiger charge is 2.44. The molecule has 1 aromatic carbocycles. The van der Waals surface area contributed by atoms with Gasteiger partial charge < -0.3 is 5.11 Å². The number of para-hydroxylation sites is 1. The van der Waals surface area contributed by atoms with Crippen molar-refractivity contribution < 1.29 is 5.11 Å². The smallest absolute Gasteiger partial charge is 0.119 e. The van der Waals surface area contributed by atoms with Crippen molar-refractivity contribution in [2.75, 3.05) is 5.75 Å². The van der Waals surface area contributed by atoms with E-state index in [1.165, 1.54) is 0 Å². The molecular weight excluding hydrogens is 168 g/mol. The van der Waals surface area contributed by atoms with Crippen LogP contribution in [-0.2, 0) is 5.41 Å². The van der Waals surface area contributed by atoms with Crippen LogP contribution in [0.25, 0.3) is 0 Å². The third-order valence-electron chi connectivity index (χ3n) is 2.63. The van der Waals surface area contributed by atoms with E-state index in [2.05, 4.69) is 12.6 Å². The van der Waals surface area contributed by atoms with Crippen molar-refractivity contribution in [2.45, 2.75) is 18.3 Å². The van der Waals surface area contributed by atoms with Gasteiger partial charge in [0.2, 0.25) is 0 Å². The van der Waals surface area contributed by atoms with Crippen molar-refractivity contribution in [3.8, 4) is 5.75 Å². The molecule has 1 aromatic rings. The van der Waals surface area contributed by atoms with E-state index in [1.807, 2.05) is 18.2 Å². The normalized spacial score (nSPS) is 19.1. The van der Waals surface area contributed by atoms with Crippen LogP contribution in [0.5, 0.6) is 5.75 Å². The Bertz CT molecular complexity index is 292. The average Bonchev–Trinajstić information content (AvgIpc) is 2.86. The number of hydrogen-bond donors (Lipinski definition) is 2. The minimum absolute atomic E-state index is 0.189. The first-order valence-electron chi connectivity index (χ1n) is 4.18. The van der Waals surface area contributed by atoms with Gasteiger partial charge in [-0.3, -0.25) is 0 Å². The lowest BCUT2D eigenvalue weighted by molar-refractivity contribution is 0.462. The lowest BCUT2D eigenvalue weighted by Gasteiger charge is -2.13. The van der Waals surface area contributed by atoms with E-state index in [9.17, 15) is 5.11 Å². The van der Waals surface area contributed by atoms with Gasteiger partial charge in [0.05, 0.1) is 0 Å². The molecule has 0 unspecified atom stereocenters. The van der Waals surface area contributed by atoms with Gasteiger partial charge in [-0.2, -0.15) is 12.6 Å². The molecule has 2 rings (SSSR count). The molecule has 0 spiro atoms. The Morgan fingerprint density at radius 2 is 2.00 bits per heavy atom. The fourth-order valence-electron chi connectivity index (χ4n) is 1.59. The third kappa shape index (κ3) is 1.11. The number of thiol groups is 1. The first-order chi connectivity index (χ1) is 5.78. The van der Waals surface area contributed by atoms with Crippen molar-refractivity contribution in [2.24, 2.45) is 0 Å². The molecule has 1 N–H and O–H groups in total. The van der Waals surface area contributed by atoms with Crippen molar-refractivity contribution in [1.29, 1.82) is 0 Å². The van der Waals surface area contributed by atoms with Crippen LogP contribution < -0.4 is 0 Å². The van der Waals surface area contributed by atoms with E-state index in [1.54, 1.807) is 6.07 Å². The van der Waals surface area contributed by atoms with Crippen LogP contribution in [0.1, 0.15) is 18.4 Å². The number of phenols is 1. The Hall–Kier alpha value is -0.630. The number of hydrogen-bond acceptors (Lipinski definition) is 2. The molecule has 0 heterocycles.